The molecule has 0 unspecified atom stereocenters. The predicted molar refractivity (Wildman–Crippen MR) is 92.8 cm³/mol. The Balaban J connectivity index is 1.34. The third-order valence-corrected chi connectivity index (χ3v) is 5.48. The summed E-state index contributed by atoms with van der Waals surface area (Å²) in [4.78, 5) is 17.7. The number of hydrogen-bond donors (Lipinski definition) is 0. The third kappa shape index (κ3) is 3.12. The van der Waals surface area contributed by atoms with Crippen molar-refractivity contribution in [1.82, 2.24) is 9.80 Å². The summed E-state index contributed by atoms with van der Waals surface area (Å²) in [6, 6.07) is 8.08. The number of nitrogens with zero attached hydrogens (tertiary/aromatic N) is 2. The van der Waals surface area contributed by atoms with Crippen LogP contribution in [0.3, 0.4) is 0 Å². The molecule has 6 heteroatoms. The fourth-order valence-corrected chi connectivity index (χ4v) is 3.97. The van der Waals surface area contributed by atoms with Crippen LogP contribution in [0.1, 0.15) is 20.8 Å². The monoisotopic (exact) mass is 344 g/mol. The second-order valence-electron chi connectivity index (χ2n) is 6.24. The SMILES string of the molecule is Cc1csc(C(=O)N2CCN(Cc3ccc4c(c3)OCO4)CC2)c1. The van der Waals surface area contributed by atoms with Gasteiger partial charge in [-0.05, 0) is 41.6 Å². The number of carbonyl (C=O) groups is 1. The van der Waals surface area contributed by atoms with Gasteiger partial charge in [0.1, 0.15) is 0 Å². The molecule has 0 atom stereocenters. The van der Waals surface area contributed by atoms with Gasteiger partial charge < -0.3 is 14.4 Å². The summed E-state index contributed by atoms with van der Waals surface area (Å²) in [5, 5.41) is 2.03. The zero-order valence-corrected chi connectivity index (χ0v) is 14.5. The van der Waals surface area contributed by atoms with E-state index < -0.39 is 0 Å². The molecule has 0 spiro atoms. The van der Waals surface area contributed by atoms with Crippen LogP contribution in [0.4, 0.5) is 0 Å². The molecule has 1 saturated heterocycles. The smallest absolute Gasteiger partial charge is 0.264 e. The normalized spacial score (nSPS) is 17.3. The molecule has 5 nitrogen and oxygen atoms in total. The van der Waals surface area contributed by atoms with E-state index in [1.54, 1.807) is 0 Å². The molecule has 2 aromatic rings. The maximum Gasteiger partial charge on any atom is 0.264 e. The largest absolute Gasteiger partial charge is 0.454 e. The van der Waals surface area contributed by atoms with E-state index in [1.807, 2.05) is 35.4 Å². The van der Waals surface area contributed by atoms with Crippen molar-refractivity contribution < 1.29 is 14.3 Å². The summed E-state index contributed by atoms with van der Waals surface area (Å²) in [5.41, 5.74) is 2.37. The average molecular weight is 344 g/mol. The lowest BCUT2D eigenvalue weighted by Gasteiger charge is -2.34. The number of hydrogen-bond acceptors (Lipinski definition) is 5. The molecule has 2 aliphatic rings. The van der Waals surface area contributed by atoms with Gasteiger partial charge in [-0.1, -0.05) is 6.07 Å². The molecule has 1 aromatic heterocycles. The molecule has 0 radical (unpaired) electrons. The number of carbonyl (C=O) groups excluding carboxylic acids is 1. The molecule has 3 heterocycles. The van der Waals surface area contributed by atoms with Crippen LogP contribution < -0.4 is 9.47 Å². The Labute approximate surface area is 145 Å². The van der Waals surface area contributed by atoms with Crippen molar-refractivity contribution in [3.8, 4) is 11.5 Å². The molecule has 1 amide bonds. The molecule has 0 saturated carbocycles. The number of thiophene rings is 1. The van der Waals surface area contributed by atoms with Gasteiger partial charge in [-0.3, -0.25) is 9.69 Å². The standard InChI is InChI=1S/C18H20N2O3S/c1-13-8-17(24-11-13)18(21)20-6-4-19(5-7-20)10-14-2-3-15-16(9-14)23-12-22-15/h2-3,8-9,11H,4-7,10,12H2,1H3. The van der Waals surface area contributed by atoms with Gasteiger partial charge in [-0.2, -0.15) is 0 Å². The van der Waals surface area contributed by atoms with Crippen molar-refractivity contribution in [2.24, 2.45) is 0 Å². The minimum absolute atomic E-state index is 0.163. The Morgan fingerprint density at radius 1 is 1.12 bits per heavy atom. The van der Waals surface area contributed by atoms with Crippen molar-refractivity contribution in [2.45, 2.75) is 13.5 Å². The Morgan fingerprint density at radius 2 is 1.92 bits per heavy atom. The zero-order chi connectivity index (χ0) is 16.5. The van der Waals surface area contributed by atoms with E-state index in [0.717, 1.165) is 54.7 Å². The second kappa shape index (κ2) is 6.45. The summed E-state index contributed by atoms with van der Waals surface area (Å²) in [7, 11) is 0. The first-order chi connectivity index (χ1) is 11.7. The van der Waals surface area contributed by atoms with Crippen LogP contribution in [0.25, 0.3) is 0 Å². The molecule has 0 bridgehead atoms. The molecular formula is C18H20N2O3S. The highest BCUT2D eigenvalue weighted by Crippen LogP contribution is 2.32. The fourth-order valence-electron chi connectivity index (χ4n) is 3.11. The van der Waals surface area contributed by atoms with Crippen LogP contribution in [0.15, 0.2) is 29.6 Å². The highest BCUT2D eigenvalue weighted by Gasteiger charge is 2.23. The van der Waals surface area contributed by atoms with Crippen molar-refractivity contribution in [2.75, 3.05) is 33.0 Å². The van der Waals surface area contributed by atoms with Crippen LogP contribution in [0.2, 0.25) is 0 Å². The van der Waals surface area contributed by atoms with Crippen LogP contribution in [0.5, 0.6) is 11.5 Å². The van der Waals surface area contributed by atoms with Crippen molar-refractivity contribution >= 4 is 17.2 Å². The quantitative estimate of drug-likeness (QED) is 0.859. The maximum absolute atomic E-state index is 12.5. The zero-order valence-electron chi connectivity index (χ0n) is 13.7. The van der Waals surface area contributed by atoms with Crippen LogP contribution in [0, 0.1) is 6.92 Å². The van der Waals surface area contributed by atoms with E-state index in [2.05, 4.69) is 11.0 Å². The highest BCUT2D eigenvalue weighted by molar-refractivity contribution is 7.12. The highest BCUT2D eigenvalue weighted by atomic mass is 32.1. The fraction of sp³-hybridized carbons (Fsp3) is 0.389. The average Bonchev–Trinajstić information content (AvgIpc) is 3.23. The van der Waals surface area contributed by atoms with Crippen molar-refractivity contribution in [1.29, 1.82) is 0 Å². The molecule has 4 rings (SSSR count). The summed E-state index contributed by atoms with van der Waals surface area (Å²) in [5.74, 6) is 1.81. The summed E-state index contributed by atoms with van der Waals surface area (Å²) < 4.78 is 10.8. The first-order valence-electron chi connectivity index (χ1n) is 8.14. The predicted octanol–water partition coefficient (Wildman–Crippen LogP) is 2.74. The van der Waals surface area contributed by atoms with Gasteiger partial charge in [0.15, 0.2) is 11.5 Å². The number of aryl methyl sites for hydroxylation is 1. The topological polar surface area (TPSA) is 42.0 Å². The Hall–Kier alpha value is -2.05. The van der Waals surface area contributed by atoms with Gasteiger partial charge in [0, 0.05) is 32.7 Å². The molecule has 24 heavy (non-hydrogen) atoms. The summed E-state index contributed by atoms with van der Waals surface area (Å²) in [6.07, 6.45) is 0. The van der Waals surface area contributed by atoms with E-state index in [9.17, 15) is 4.79 Å². The van der Waals surface area contributed by atoms with Crippen molar-refractivity contribution in [3.05, 3.63) is 45.6 Å². The molecule has 0 aliphatic carbocycles. The minimum atomic E-state index is 0.163. The Morgan fingerprint density at radius 3 is 2.67 bits per heavy atom. The van der Waals surface area contributed by atoms with Crippen LogP contribution >= 0.6 is 11.3 Å². The molecule has 2 aliphatic heterocycles. The van der Waals surface area contributed by atoms with Gasteiger partial charge in [0.2, 0.25) is 6.79 Å². The number of rotatable bonds is 3. The van der Waals surface area contributed by atoms with E-state index in [1.165, 1.54) is 16.9 Å². The van der Waals surface area contributed by atoms with E-state index in [-0.39, 0.29) is 5.91 Å². The van der Waals surface area contributed by atoms with E-state index >= 15 is 0 Å². The number of amides is 1. The summed E-state index contributed by atoms with van der Waals surface area (Å²) in [6.45, 7) is 6.55. The molecule has 1 fully saturated rings. The molecular weight excluding hydrogens is 324 g/mol. The summed E-state index contributed by atoms with van der Waals surface area (Å²) >= 11 is 1.54. The van der Waals surface area contributed by atoms with Gasteiger partial charge in [0.05, 0.1) is 4.88 Å². The lowest BCUT2D eigenvalue weighted by Crippen LogP contribution is -2.48. The van der Waals surface area contributed by atoms with Gasteiger partial charge in [-0.25, -0.2) is 0 Å². The van der Waals surface area contributed by atoms with Crippen LogP contribution in [-0.4, -0.2) is 48.7 Å². The Kier molecular flexibility index (Phi) is 4.16. The van der Waals surface area contributed by atoms with Crippen molar-refractivity contribution in [3.63, 3.8) is 0 Å². The molecule has 1 aromatic carbocycles. The van der Waals surface area contributed by atoms with Gasteiger partial charge in [-0.15, -0.1) is 11.3 Å². The van der Waals surface area contributed by atoms with E-state index in [4.69, 9.17) is 9.47 Å². The molecule has 126 valence electrons. The van der Waals surface area contributed by atoms with Gasteiger partial charge in [0.25, 0.3) is 5.91 Å². The van der Waals surface area contributed by atoms with E-state index in [0.29, 0.717) is 6.79 Å². The first kappa shape index (κ1) is 15.5. The van der Waals surface area contributed by atoms with Crippen LogP contribution in [-0.2, 0) is 6.54 Å². The first-order valence-corrected chi connectivity index (χ1v) is 9.02. The third-order valence-electron chi connectivity index (χ3n) is 4.44. The van der Waals surface area contributed by atoms with Gasteiger partial charge >= 0.3 is 0 Å². The molecule has 0 N–H and O–H groups in total. The lowest BCUT2D eigenvalue weighted by atomic mass is 10.1. The number of fused-ring (bicyclic) bond motifs is 1. The number of piperazine rings is 1. The number of benzene rings is 1. The maximum atomic E-state index is 12.5. The minimum Gasteiger partial charge on any atom is -0.454 e. The second-order valence-corrected chi connectivity index (χ2v) is 7.16. The number of ether oxygens (including phenoxy) is 2. The lowest BCUT2D eigenvalue weighted by molar-refractivity contribution is 0.0633. The Bertz CT molecular complexity index is 750.